The van der Waals surface area contributed by atoms with Crippen LogP contribution in [0.5, 0.6) is 0 Å². The molecule has 0 spiro atoms. The number of hydrogen-bond acceptors (Lipinski definition) is 5. The molecule has 0 aromatic rings. The summed E-state index contributed by atoms with van der Waals surface area (Å²) in [7, 11) is 3.81. The van der Waals surface area contributed by atoms with Crippen molar-refractivity contribution in [2.45, 2.75) is 38.0 Å². The summed E-state index contributed by atoms with van der Waals surface area (Å²) in [5.74, 6) is 0. The highest BCUT2D eigenvalue weighted by Gasteiger charge is 2.20. The number of nitrogens with zero attached hydrogens (tertiary/aromatic N) is 1. The first-order valence-corrected chi connectivity index (χ1v) is 6.83. The minimum absolute atomic E-state index is 0.0330. The molecule has 3 atom stereocenters. The van der Waals surface area contributed by atoms with E-state index in [2.05, 4.69) is 17.3 Å². The van der Waals surface area contributed by atoms with E-state index in [0.29, 0.717) is 25.8 Å². The quantitative estimate of drug-likeness (QED) is 0.615. The lowest BCUT2D eigenvalue weighted by atomic mass is 10.2. The minimum Gasteiger partial charge on any atom is -0.389 e. The summed E-state index contributed by atoms with van der Waals surface area (Å²) in [6.45, 7) is 5.58. The van der Waals surface area contributed by atoms with E-state index in [9.17, 15) is 5.11 Å². The maximum atomic E-state index is 9.76. The number of likely N-dealkylation sites (tertiary alicyclic amines) is 1. The second kappa shape index (κ2) is 8.82. The van der Waals surface area contributed by atoms with Gasteiger partial charge in [-0.25, -0.2) is 0 Å². The zero-order valence-corrected chi connectivity index (χ0v) is 11.9. The highest BCUT2D eigenvalue weighted by molar-refractivity contribution is 4.78. The van der Waals surface area contributed by atoms with E-state index in [1.807, 2.05) is 6.92 Å². The van der Waals surface area contributed by atoms with Crippen molar-refractivity contribution < 1.29 is 14.6 Å². The first kappa shape index (κ1) is 15.9. The zero-order valence-electron chi connectivity index (χ0n) is 11.9. The fraction of sp³-hybridized carbons (Fsp3) is 1.00. The van der Waals surface area contributed by atoms with Crippen molar-refractivity contribution in [2.24, 2.45) is 0 Å². The summed E-state index contributed by atoms with van der Waals surface area (Å²) < 4.78 is 10.4. The first-order valence-electron chi connectivity index (χ1n) is 6.83. The Labute approximate surface area is 110 Å². The topological polar surface area (TPSA) is 54.0 Å². The molecule has 1 saturated heterocycles. The monoisotopic (exact) mass is 260 g/mol. The van der Waals surface area contributed by atoms with E-state index in [4.69, 9.17) is 9.47 Å². The minimum atomic E-state index is -0.448. The number of nitrogens with one attached hydrogen (secondary N) is 1. The van der Waals surface area contributed by atoms with Crippen molar-refractivity contribution in [2.75, 3.05) is 47.0 Å². The van der Waals surface area contributed by atoms with E-state index < -0.39 is 6.10 Å². The number of aliphatic hydroxyl groups is 1. The number of hydrogen-bond donors (Lipinski definition) is 2. The second-order valence-corrected chi connectivity index (χ2v) is 5.19. The zero-order chi connectivity index (χ0) is 13.4. The van der Waals surface area contributed by atoms with Gasteiger partial charge >= 0.3 is 0 Å². The molecule has 1 fully saturated rings. The highest BCUT2D eigenvalue weighted by atomic mass is 16.5. The third kappa shape index (κ3) is 6.11. The molecule has 5 heteroatoms. The van der Waals surface area contributed by atoms with Crippen LogP contribution in [-0.2, 0) is 9.47 Å². The average Bonchev–Trinajstić information content (AvgIpc) is 2.73. The second-order valence-electron chi connectivity index (χ2n) is 5.19. The molecule has 0 radical (unpaired) electrons. The van der Waals surface area contributed by atoms with E-state index in [-0.39, 0.29) is 6.10 Å². The maximum Gasteiger partial charge on any atom is 0.0897 e. The van der Waals surface area contributed by atoms with E-state index in [1.165, 1.54) is 19.4 Å². The van der Waals surface area contributed by atoms with Crippen LogP contribution in [-0.4, -0.2) is 75.3 Å². The number of ether oxygens (including phenoxy) is 2. The maximum absolute atomic E-state index is 9.76. The molecule has 0 bridgehead atoms. The molecule has 108 valence electrons. The molecule has 1 rings (SSSR count). The molecule has 3 unspecified atom stereocenters. The van der Waals surface area contributed by atoms with Gasteiger partial charge in [-0.2, -0.15) is 0 Å². The molecule has 0 amide bonds. The molecule has 5 nitrogen and oxygen atoms in total. The van der Waals surface area contributed by atoms with E-state index >= 15 is 0 Å². The van der Waals surface area contributed by atoms with Crippen LogP contribution < -0.4 is 5.32 Å². The molecule has 1 aliphatic heterocycles. The summed E-state index contributed by atoms with van der Waals surface area (Å²) in [4.78, 5) is 2.37. The average molecular weight is 260 g/mol. The Balaban J connectivity index is 2.01. The van der Waals surface area contributed by atoms with Gasteiger partial charge in [-0.05, 0) is 33.4 Å². The third-order valence-corrected chi connectivity index (χ3v) is 3.41. The standard InChI is InChI=1S/C13H28N2O3/c1-11(9-17-3)18-10-13(16)8-14-7-12-5-4-6-15(12)2/h11-14,16H,4-10H2,1-3H3. The molecule has 2 N–H and O–H groups in total. The van der Waals surface area contributed by atoms with Crippen LogP contribution >= 0.6 is 0 Å². The summed E-state index contributed by atoms with van der Waals surface area (Å²) in [5, 5.41) is 13.1. The van der Waals surface area contributed by atoms with Gasteiger partial charge in [0.2, 0.25) is 0 Å². The third-order valence-electron chi connectivity index (χ3n) is 3.41. The predicted molar refractivity (Wildman–Crippen MR) is 71.8 cm³/mol. The van der Waals surface area contributed by atoms with E-state index in [1.54, 1.807) is 7.11 Å². The van der Waals surface area contributed by atoms with Crippen molar-refractivity contribution >= 4 is 0 Å². The van der Waals surface area contributed by atoms with Gasteiger partial charge in [0.1, 0.15) is 0 Å². The molecule has 1 heterocycles. The van der Waals surface area contributed by atoms with Gasteiger partial charge < -0.3 is 24.8 Å². The Morgan fingerprint density at radius 3 is 2.83 bits per heavy atom. The van der Waals surface area contributed by atoms with Crippen LogP contribution in [0.4, 0.5) is 0 Å². The van der Waals surface area contributed by atoms with Crippen molar-refractivity contribution in [3.8, 4) is 0 Å². The molecular weight excluding hydrogens is 232 g/mol. The van der Waals surface area contributed by atoms with Gasteiger partial charge in [0.15, 0.2) is 0 Å². The van der Waals surface area contributed by atoms with Gasteiger partial charge in [0.05, 0.1) is 25.4 Å². The van der Waals surface area contributed by atoms with Crippen molar-refractivity contribution in [1.82, 2.24) is 10.2 Å². The fourth-order valence-electron chi connectivity index (χ4n) is 2.27. The molecule has 0 aromatic carbocycles. The molecule has 0 saturated carbocycles. The molecule has 18 heavy (non-hydrogen) atoms. The largest absolute Gasteiger partial charge is 0.389 e. The molecular formula is C13H28N2O3. The van der Waals surface area contributed by atoms with Gasteiger partial charge in [0.25, 0.3) is 0 Å². The van der Waals surface area contributed by atoms with Crippen LogP contribution in [0.15, 0.2) is 0 Å². The Kier molecular flexibility index (Phi) is 7.77. The highest BCUT2D eigenvalue weighted by Crippen LogP contribution is 2.13. The molecule has 1 aliphatic rings. The van der Waals surface area contributed by atoms with Crippen LogP contribution in [0, 0.1) is 0 Å². The van der Waals surface area contributed by atoms with Crippen molar-refractivity contribution in [3.63, 3.8) is 0 Å². The number of rotatable bonds is 9. The number of likely N-dealkylation sites (N-methyl/N-ethyl adjacent to an activating group) is 1. The summed E-state index contributed by atoms with van der Waals surface area (Å²) in [6.07, 6.45) is 2.12. The SMILES string of the molecule is COCC(C)OCC(O)CNCC1CCCN1C. The van der Waals surface area contributed by atoms with Gasteiger partial charge in [0, 0.05) is 26.2 Å². The molecule has 0 aliphatic carbocycles. The fourth-order valence-corrected chi connectivity index (χ4v) is 2.27. The Hall–Kier alpha value is -0.200. The van der Waals surface area contributed by atoms with Crippen LogP contribution in [0.2, 0.25) is 0 Å². The Morgan fingerprint density at radius 1 is 1.44 bits per heavy atom. The van der Waals surface area contributed by atoms with Gasteiger partial charge in [-0.15, -0.1) is 0 Å². The summed E-state index contributed by atoms with van der Waals surface area (Å²) in [6, 6.07) is 0.616. The van der Waals surface area contributed by atoms with Crippen molar-refractivity contribution in [1.29, 1.82) is 0 Å². The predicted octanol–water partition coefficient (Wildman–Crippen LogP) is 0.0826. The van der Waals surface area contributed by atoms with Gasteiger partial charge in [-0.1, -0.05) is 0 Å². The van der Waals surface area contributed by atoms with Crippen LogP contribution in [0.1, 0.15) is 19.8 Å². The normalized spacial score (nSPS) is 24.3. The Morgan fingerprint density at radius 2 is 2.22 bits per heavy atom. The Bertz CT molecular complexity index is 216. The first-order chi connectivity index (χ1) is 8.63. The molecule has 0 aromatic heterocycles. The lowest BCUT2D eigenvalue weighted by Gasteiger charge is -2.21. The van der Waals surface area contributed by atoms with Crippen molar-refractivity contribution in [3.05, 3.63) is 0 Å². The lowest BCUT2D eigenvalue weighted by Crippen LogP contribution is -2.40. The smallest absolute Gasteiger partial charge is 0.0897 e. The number of methoxy groups -OCH3 is 1. The summed E-state index contributed by atoms with van der Waals surface area (Å²) >= 11 is 0. The lowest BCUT2D eigenvalue weighted by molar-refractivity contribution is -0.0312. The van der Waals surface area contributed by atoms with E-state index in [0.717, 1.165) is 6.54 Å². The van der Waals surface area contributed by atoms with Crippen LogP contribution in [0.25, 0.3) is 0 Å². The summed E-state index contributed by atoms with van der Waals surface area (Å²) in [5.41, 5.74) is 0. The van der Waals surface area contributed by atoms with Gasteiger partial charge in [-0.3, -0.25) is 0 Å². The number of aliphatic hydroxyl groups excluding tert-OH is 1. The van der Waals surface area contributed by atoms with Crippen LogP contribution in [0.3, 0.4) is 0 Å².